The first kappa shape index (κ1) is 16.3. The first-order valence-electron chi connectivity index (χ1n) is 5.81. The van der Waals surface area contributed by atoms with Crippen molar-refractivity contribution in [1.29, 1.82) is 0 Å². The number of anilines is 1. The van der Waals surface area contributed by atoms with Crippen LogP contribution in [0.3, 0.4) is 0 Å². The molecule has 0 aliphatic rings. The molecule has 2 rings (SSSR count). The average molecular weight is 356 g/mol. The van der Waals surface area contributed by atoms with Crippen LogP contribution >= 0.6 is 34.5 Å². The van der Waals surface area contributed by atoms with E-state index in [0.717, 1.165) is 5.56 Å². The van der Waals surface area contributed by atoms with Gasteiger partial charge in [0.05, 0.1) is 14.7 Å². The second-order valence-electron chi connectivity index (χ2n) is 4.22. The molecule has 21 heavy (non-hydrogen) atoms. The van der Waals surface area contributed by atoms with Gasteiger partial charge in [0.2, 0.25) is 0 Å². The van der Waals surface area contributed by atoms with Crippen molar-refractivity contribution in [2.45, 2.75) is 19.3 Å². The molecule has 0 aliphatic heterocycles. The summed E-state index contributed by atoms with van der Waals surface area (Å²) < 4.78 is 41.1. The fourth-order valence-corrected chi connectivity index (χ4v) is 3.37. The summed E-state index contributed by atoms with van der Waals surface area (Å²) in [5.41, 5.74) is 1.48. The van der Waals surface area contributed by atoms with Crippen molar-refractivity contribution in [2.24, 2.45) is 0 Å². The number of thiophene rings is 1. The molecular weight excluding hydrogens is 346 g/mol. The summed E-state index contributed by atoms with van der Waals surface area (Å²) in [5.74, 6) is -0.266. The summed E-state index contributed by atoms with van der Waals surface area (Å²) in [7, 11) is 0. The van der Waals surface area contributed by atoms with Gasteiger partial charge in [0.1, 0.15) is 5.75 Å². The molecule has 1 aromatic carbocycles. The second-order valence-corrected chi connectivity index (χ2v) is 6.50. The maximum Gasteiger partial charge on any atom is 0.573 e. The number of ether oxygens (including phenoxy) is 1. The molecular formula is C13H10Cl2F3NOS. The Bertz CT molecular complexity index is 613. The van der Waals surface area contributed by atoms with Crippen LogP contribution < -0.4 is 10.1 Å². The maximum absolute atomic E-state index is 12.1. The van der Waals surface area contributed by atoms with Crippen LogP contribution in [0.25, 0.3) is 0 Å². The molecule has 0 radical (unpaired) electrons. The van der Waals surface area contributed by atoms with Gasteiger partial charge in [0.25, 0.3) is 0 Å². The highest BCUT2D eigenvalue weighted by atomic mass is 35.5. The molecule has 0 bridgehead atoms. The highest BCUT2D eigenvalue weighted by Gasteiger charge is 2.30. The Morgan fingerprint density at radius 2 is 1.81 bits per heavy atom. The van der Waals surface area contributed by atoms with Gasteiger partial charge in [-0.25, -0.2) is 0 Å². The van der Waals surface area contributed by atoms with Crippen molar-refractivity contribution in [1.82, 2.24) is 0 Å². The van der Waals surface area contributed by atoms with Gasteiger partial charge < -0.3 is 10.1 Å². The van der Waals surface area contributed by atoms with Gasteiger partial charge in [0, 0.05) is 11.3 Å². The molecule has 0 spiro atoms. The van der Waals surface area contributed by atoms with E-state index in [-0.39, 0.29) is 11.8 Å². The van der Waals surface area contributed by atoms with Crippen LogP contribution in [0.1, 0.15) is 18.5 Å². The Morgan fingerprint density at radius 3 is 2.29 bits per heavy atom. The molecule has 0 saturated carbocycles. The first-order valence-corrected chi connectivity index (χ1v) is 7.39. The van der Waals surface area contributed by atoms with E-state index < -0.39 is 6.36 Å². The standard InChI is InChI=1S/C13H10Cl2F3NOS/c1-7(10-6-11(14)21-12(10)15)19-8-2-4-9(5-3-8)20-13(16,17)18/h2-7,19H,1H3. The van der Waals surface area contributed by atoms with Crippen LogP contribution in [-0.4, -0.2) is 6.36 Å². The lowest BCUT2D eigenvalue weighted by Crippen LogP contribution is -2.17. The monoisotopic (exact) mass is 355 g/mol. The lowest BCUT2D eigenvalue weighted by atomic mass is 10.1. The van der Waals surface area contributed by atoms with E-state index in [1.165, 1.54) is 35.6 Å². The van der Waals surface area contributed by atoms with Crippen molar-refractivity contribution in [3.8, 4) is 5.75 Å². The zero-order valence-corrected chi connectivity index (χ0v) is 13.0. The van der Waals surface area contributed by atoms with Crippen molar-refractivity contribution in [3.63, 3.8) is 0 Å². The third kappa shape index (κ3) is 4.69. The predicted octanol–water partition coefficient (Wildman–Crippen LogP) is 6.13. The molecule has 0 saturated heterocycles. The highest BCUT2D eigenvalue weighted by Crippen LogP contribution is 2.36. The molecule has 0 amide bonds. The number of hydrogen-bond acceptors (Lipinski definition) is 3. The van der Waals surface area contributed by atoms with Crippen LogP contribution in [0, 0.1) is 0 Å². The Balaban J connectivity index is 2.05. The van der Waals surface area contributed by atoms with Crippen LogP contribution in [-0.2, 0) is 0 Å². The SMILES string of the molecule is CC(Nc1ccc(OC(F)(F)F)cc1)c1cc(Cl)sc1Cl. The lowest BCUT2D eigenvalue weighted by molar-refractivity contribution is -0.274. The Kier molecular flexibility index (Phi) is 4.91. The number of alkyl halides is 3. The highest BCUT2D eigenvalue weighted by molar-refractivity contribution is 7.20. The van der Waals surface area contributed by atoms with Gasteiger partial charge in [-0.15, -0.1) is 24.5 Å². The Hall–Kier alpha value is -1.11. The summed E-state index contributed by atoms with van der Waals surface area (Å²) in [5, 5.41) is 3.13. The normalized spacial score (nSPS) is 13.0. The van der Waals surface area contributed by atoms with Crippen molar-refractivity contribution in [3.05, 3.63) is 44.6 Å². The van der Waals surface area contributed by atoms with Gasteiger partial charge in [-0.3, -0.25) is 0 Å². The fraction of sp³-hybridized carbons (Fsp3) is 0.231. The third-order valence-corrected chi connectivity index (χ3v) is 4.14. The fourth-order valence-electron chi connectivity index (χ4n) is 1.73. The molecule has 1 unspecified atom stereocenters. The van der Waals surface area contributed by atoms with E-state index >= 15 is 0 Å². The predicted molar refractivity (Wildman–Crippen MR) is 79.5 cm³/mol. The summed E-state index contributed by atoms with van der Waals surface area (Å²) in [6.07, 6.45) is -4.69. The van der Waals surface area contributed by atoms with Crippen LogP contribution in [0.2, 0.25) is 8.67 Å². The van der Waals surface area contributed by atoms with Crippen molar-refractivity contribution >= 4 is 40.2 Å². The summed E-state index contributed by atoms with van der Waals surface area (Å²) in [4.78, 5) is 0. The molecule has 0 fully saturated rings. The number of nitrogens with one attached hydrogen (secondary N) is 1. The molecule has 2 nitrogen and oxygen atoms in total. The molecule has 1 N–H and O–H groups in total. The maximum atomic E-state index is 12.1. The largest absolute Gasteiger partial charge is 0.573 e. The van der Waals surface area contributed by atoms with E-state index in [9.17, 15) is 13.2 Å². The summed E-state index contributed by atoms with van der Waals surface area (Å²) in [6, 6.07) is 7.11. The van der Waals surface area contributed by atoms with Gasteiger partial charge in [-0.05, 0) is 37.3 Å². The number of halogens is 5. The lowest BCUT2D eigenvalue weighted by Gasteiger charge is -2.15. The van der Waals surface area contributed by atoms with E-state index in [1.807, 2.05) is 6.92 Å². The van der Waals surface area contributed by atoms with Crippen molar-refractivity contribution in [2.75, 3.05) is 5.32 Å². The number of rotatable bonds is 4. The summed E-state index contributed by atoms with van der Waals surface area (Å²) >= 11 is 13.2. The second kappa shape index (κ2) is 6.34. The molecule has 2 aromatic rings. The van der Waals surface area contributed by atoms with Crippen molar-refractivity contribution < 1.29 is 17.9 Å². The van der Waals surface area contributed by atoms with E-state index in [0.29, 0.717) is 14.4 Å². The minimum absolute atomic E-state index is 0.129. The molecule has 1 aromatic heterocycles. The summed E-state index contributed by atoms with van der Waals surface area (Å²) in [6.45, 7) is 1.88. The van der Waals surface area contributed by atoms with Gasteiger partial charge in [0.15, 0.2) is 0 Å². The van der Waals surface area contributed by atoms with Crippen LogP contribution in [0.15, 0.2) is 30.3 Å². The zero-order chi connectivity index (χ0) is 15.6. The molecule has 1 heterocycles. The van der Waals surface area contributed by atoms with Gasteiger partial charge >= 0.3 is 6.36 Å². The molecule has 8 heteroatoms. The third-order valence-electron chi connectivity index (χ3n) is 2.62. The van der Waals surface area contributed by atoms with Crippen LogP contribution in [0.5, 0.6) is 5.75 Å². The zero-order valence-electron chi connectivity index (χ0n) is 10.7. The molecule has 0 aliphatic carbocycles. The molecule has 114 valence electrons. The molecule has 1 atom stereocenters. The average Bonchev–Trinajstić information content (AvgIpc) is 2.69. The number of hydrogen-bond donors (Lipinski definition) is 1. The Morgan fingerprint density at radius 1 is 1.19 bits per heavy atom. The first-order chi connectivity index (χ1) is 9.74. The number of benzene rings is 1. The van der Waals surface area contributed by atoms with E-state index in [4.69, 9.17) is 23.2 Å². The Labute approximate surface area is 133 Å². The van der Waals surface area contributed by atoms with E-state index in [2.05, 4.69) is 10.1 Å². The minimum Gasteiger partial charge on any atom is -0.406 e. The quantitative estimate of drug-likeness (QED) is 0.712. The van der Waals surface area contributed by atoms with Gasteiger partial charge in [-0.1, -0.05) is 23.2 Å². The smallest absolute Gasteiger partial charge is 0.406 e. The van der Waals surface area contributed by atoms with E-state index in [1.54, 1.807) is 6.07 Å². The topological polar surface area (TPSA) is 21.3 Å². The van der Waals surface area contributed by atoms with Gasteiger partial charge in [-0.2, -0.15) is 0 Å². The minimum atomic E-state index is -4.69. The van der Waals surface area contributed by atoms with Crippen LogP contribution in [0.4, 0.5) is 18.9 Å².